The molecule has 25 heteroatoms. The number of aliphatic hydroxyl groups is 2. The zero-order valence-corrected chi connectivity index (χ0v) is 39.8. The van der Waals surface area contributed by atoms with Crippen molar-refractivity contribution in [1.29, 1.82) is 0 Å². The molecule has 6 atom stereocenters. The fourth-order valence-electron chi connectivity index (χ4n) is 7.15. The number of nitrogens with one attached hydrogen (secondary N) is 4. The number of phenolic OH excluding ortho intramolecular Hbond substituents is 1. The Balaban J connectivity index is 1.65. The first kappa shape index (κ1) is 53.9. The zero-order valence-electron chi connectivity index (χ0n) is 39.0. The van der Waals surface area contributed by atoms with E-state index in [-0.39, 0.29) is 65.5 Å². The first-order chi connectivity index (χ1) is 32.8. The molecule has 1 aliphatic rings. The zero-order chi connectivity index (χ0) is 51.8. The maximum absolute atomic E-state index is 14.8. The van der Waals surface area contributed by atoms with E-state index in [1.54, 1.807) is 0 Å². The summed E-state index contributed by atoms with van der Waals surface area (Å²) in [5.74, 6) is -7.03. The largest absolute Gasteiger partial charge is 0.504 e. The summed E-state index contributed by atoms with van der Waals surface area (Å²) in [6.45, 7) is 5.20. The highest BCUT2D eigenvalue weighted by Gasteiger charge is 2.37. The highest BCUT2D eigenvalue weighted by Crippen LogP contribution is 2.45. The van der Waals surface area contributed by atoms with Gasteiger partial charge < -0.3 is 68.0 Å². The van der Waals surface area contributed by atoms with Crippen LogP contribution in [0.25, 0.3) is 22.4 Å². The van der Waals surface area contributed by atoms with Crippen LogP contribution in [0.4, 0.5) is 5.82 Å². The molecule has 70 heavy (non-hydrogen) atoms. The number of amides is 4. The van der Waals surface area contributed by atoms with E-state index >= 15 is 0 Å². The molecule has 0 saturated heterocycles. The predicted molar refractivity (Wildman–Crippen MR) is 254 cm³/mol. The van der Waals surface area contributed by atoms with Gasteiger partial charge in [0.25, 0.3) is 16.1 Å². The van der Waals surface area contributed by atoms with Gasteiger partial charge >= 0.3 is 5.97 Å². The number of nitrogen functional groups attached to an aromatic ring is 1. The van der Waals surface area contributed by atoms with Crippen molar-refractivity contribution in [2.24, 2.45) is 16.6 Å². The fraction of sp³-hybridized carbons (Fsp3) is 0.400. The Hall–Kier alpha value is -7.00. The van der Waals surface area contributed by atoms with Gasteiger partial charge in [0.15, 0.2) is 23.0 Å². The van der Waals surface area contributed by atoms with Crippen LogP contribution in [0.3, 0.4) is 0 Å². The minimum atomic E-state index is -4.54. The Labute approximate surface area is 403 Å². The van der Waals surface area contributed by atoms with Gasteiger partial charge in [0.2, 0.25) is 17.7 Å². The van der Waals surface area contributed by atoms with Crippen molar-refractivity contribution in [3.05, 3.63) is 83.2 Å². The maximum atomic E-state index is 14.8. The van der Waals surface area contributed by atoms with Gasteiger partial charge in [-0.2, -0.15) is 13.1 Å². The van der Waals surface area contributed by atoms with Crippen LogP contribution < -0.4 is 52.5 Å². The summed E-state index contributed by atoms with van der Waals surface area (Å²) in [6, 6.07) is 7.41. The summed E-state index contributed by atoms with van der Waals surface area (Å²) < 4.78 is 38.1. The minimum absolute atomic E-state index is 0.00407. The number of aromatic nitrogens is 2. The number of hydrogen-bond acceptors (Lipinski definition) is 17. The third kappa shape index (κ3) is 13.6. The molecule has 2 heterocycles. The molecule has 1 aliphatic heterocycles. The van der Waals surface area contributed by atoms with E-state index in [9.17, 15) is 52.8 Å². The third-order valence-corrected chi connectivity index (χ3v) is 11.7. The number of anilines is 1. The molecule has 1 aromatic heterocycles. The van der Waals surface area contributed by atoms with Crippen molar-refractivity contribution in [3.8, 4) is 39.6 Å². The Bertz CT molecular complexity index is 2700. The van der Waals surface area contributed by atoms with Gasteiger partial charge in [-0.3, -0.25) is 19.2 Å². The van der Waals surface area contributed by atoms with Crippen LogP contribution in [0.2, 0.25) is 0 Å². The van der Waals surface area contributed by atoms with Crippen LogP contribution in [0, 0.1) is 0 Å². The van der Waals surface area contributed by atoms with Crippen LogP contribution in [0.15, 0.2) is 60.8 Å². The van der Waals surface area contributed by atoms with Crippen LogP contribution in [0.1, 0.15) is 60.9 Å². The molecule has 3 aromatic carbocycles. The number of carboxylic acids is 1. The molecule has 378 valence electrons. The molecule has 4 aromatic rings. The van der Waals surface area contributed by atoms with E-state index in [4.69, 9.17) is 31.8 Å². The molecule has 0 saturated carbocycles. The monoisotopic (exact) mass is 993 g/mol. The summed E-state index contributed by atoms with van der Waals surface area (Å²) in [5.41, 5.74) is 18.9. The number of nitrogens with zero attached hydrogens (tertiary/aromatic N) is 3. The highest BCUT2D eigenvalue weighted by atomic mass is 32.2. The second-order valence-corrected chi connectivity index (χ2v) is 18.9. The lowest BCUT2D eigenvalue weighted by atomic mass is 9.86. The van der Waals surface area contributed by atoms with Gasteiger partial charge in [-0.15, -0.1) is 0 Å². The SMILES string of the molecule is C[C@@H]1NC(=O)[C@@H](N(C)C(=O)[C@H](CNS(N)(=O)=O)NC(=O)c2ncc(-c3ccc(C(C)(C)C)cc3)nc2N)c2cc(OC[C@H](O)CN)c(O)c(c2)-c2cc(ccc2OC[C@H](O)CN)C[C@@H](C(=O)O)NC1=O. The Morgan fingerprint density at radius 1 is 0.929 bits per heavy atom. The van der Waals surface area contributed by atoms with Crippen molar-refractivity contribution in [2.75, 3.05) is 45.6 Å². The summed E-state index contributed by atoms with van der Waals surface area (Å²) >= 11 is 0. The van der Waals surface area contributed by atoms with Gasteiger partial charge in [0, 0.05) is 49.8 Å². The third-order valence-electron chi connectivity index (χ3n) is 11.1. The van der Waals surface area contributed by atoms with Crippen molar-refractivity contribution >= 4 is 45.6 Å². The smallest absolute Gasteiger partial charge is 0.326 e. The molecule has 0 radical (unpaired) electrons. The van der Waals surface area contributed by atoms with Crippen LogP contribution in [-0.2, 0) is 41.2 Å². The number of ether oxygens (including phenoxy) is 2. The molecular weight excluding hydrogens is 935 g/mol. The van der Waals surface area contributed by atoms with Gasteiger partial charge in [-0.05, 0) is 53.3 Å². The lowest BCUT2D eigenvalue weighted by Crippen LogP contribution is -2.57. The van der Waals surface area contributed by atoms with Gasteiger partial charge in [-0.25, -0.2) is 19.9 Å². The normalized spacial score (nSPS) is 17.7. The van der Waals surface area contributed by atoms with Crippen LogP contribution >= 0.6 is 0 Å². The van der Waals surface area contributed by atoms with Gasteiger partial charge in [0.1, 0.15) is 55.3 Å². The lowest BCUT2D eigenvalue weighted by molar-refractivity contribution is -0.143. The van der Waals surface area contributed by atoms with E-state index < -0.39 is 101 Å². The number of rotatable bonds is 17. The number of carbonyl (C=O) groups is 5. The molecule has 0 aliphatic carbocycles. The standard InChI is InChI=1S/C45H59N11O13S/c1-22-40(60)54-31(44(64)65)13-23-6-11-34(68-20-27(57)16-46)29(12-23)30-14-25(15-35(38(30)59)69-21-28(58)17-47)37(42(62)52-22)56(5)43(63)33(19-51-70(49,66)67)55-41(61)36-39(48)53-32(18-50-36)24-7-9-26(10-8-24)45(2,3)4/h6-12,14-15,18,22,27-28,31,33,37,51,57-59H,13,16-17,19-21,46-47H2,1-5H3,(H2,48,53)(H,52,62)(H,54,60)(H,55,61)(H,64,65)(H2,49,66,67)/t22-,27+,28+,31-,33-,37-/m0/s1. The molecule has 5 rings (SSSR count). The number of aliphatic hydroxyl groups excluding tert-OH is 2. The summed E-state index contributed by atoms with van der Waals surface area (Å²) in [5, 5.41) is 55.1. The average Bonchev–Trinajstić information content (AvgIpc) is 3.30. The van der Waals surface area contributed by atoms with E-state index in [1.807, 2.05) is 29.0 Å². The maximum Gasteiger partial charge on any atom is 0.326 e. The van der Waals surface area contributed by atoms with Crippen molar-refractivity contribution < 1.29 is 62.3 Å². The Morgan fingerprint density at radius 2 is 1.56 bits per heavy atom. The molecule has 4 bridgehead atoms. The number of hydrogen-bond donors (Lipinski definition) is 12. The summed E-state index contributed by atoms with van der Waals surface area (Å²) in [7, 11) is -3.43. The number of likely N-dealkylation sites (N-methyl/N-ethyl adjacent to an activating group) is 1. The highest BCUT2D eigenvalue weighted by molar-refractivity contribution is 7.87. The predicted octanol–water partition coefficient (Wildman–Crippen LogP) is -1.49. The lowest BCUT2D eigenvalue weighted by Gasteiger charge is -2.32. The van der Waals surface area contributed by atoms with Gasteiger partial charge in [-0.1, -0.05) is 51.1 Å². The molecule has 0 fully saturated rings. The topological polar surface area (TPSA) is 400 Å². The number of fused-ring (bicyclic) bond motifs is 5. The van der Waals surface area contributed by atoms with Crippen molar-refractivity contribution in [2.45, 2.75) is 75.9 Å². The number of carbonyl (C=O) groups excluding carboxylic acids is 4. The molecule has 4 amide bonds. The second-order valence-electron chi connectivity index (χ2n) is 17.6. The molecule has 0 unspecified atom stereocenters. The fourth-order valence-corrected chi connectivity index (χ4v) is 7.55. The molecule has 24 nitrogen and oxygen atoms in total. The summed E-state index contributed by atoms with van der Waals surface area (Å²) in [4.78, 5) is 78.6. The van der Waals surface area contributed by atoms with Crippen LogP contribution in [-0.4, -0.2) is 144 Å². The first-order valence-electron chi connectivity index (χ1n) is 21.8. The van der Waals surface area contributed by atoms with Crippen molar-refractivity contribution in [1.82, 2.24) is 35.5 Å². The van der Waals surface area contributed by atoms with E-state index in [0.717, 1.165) is 23.6 Å². The number of aliphatic carboxylic acids is 1. The van der Waals surface area contributed by atoms with E-state index in [1.165, 1.54) is 37.4 Å². The second kappa shape index (κ2) is 22.6. The number of phenols is 1. The van der Waals surface area contributed by atoms with E-state index in [0.29, 0.717) is 16.8 Å². The van der Waals surface area contributed by atoms with Gasteiger partial charge in [0.05, 0.1) is 11.9 Å². The van der Waals surface area contributed by atoms with Crippen LogP contribution in [0.5, 0.6) is 17.2 Å². The minimum Gasteiger partial charge on any atom is -0.504 e. The van der Waals surface area contributed by atoms with Crippen molar-refractivity contribution in [3.63, 3.8) is 0 Å². The summed E-state index contributed by atoms with van der Waals surface area (Å²) in [6.07, 6.45) is -1.44. The molecular formula is C45H59N11O13S. The Kier molecular flexibility index (Phi) is 17.4. The Morgan fingerprint density at radius 3 is 2.13 bits per heavy atom. The first-order valence-corrected chi connectivity index (χ1v) is 23.3. The molecule has 0 spiro atoms. The average molecular weight is 994 g/mol. The van der Waals surface area contributed by atoms with E-state index in [2.05, 4.69) is 46.7 Å². The number of nitrogens with two attached hydrogens (primary N) is 4. The molecule has 16 N–H and O–H groups in total. The number of benzene rings is 3. The number of aromatic hydroxyl groups is 1. The number of carboxylic acid groups (broad SMARTS) is 1. The quantitative estimate of drug-likeness (QED) is 0.0573.